The molecule has 0 saturated carbocycles. The van der Waals surface area contributed by atoms with E-state index in [1.54, 1.807) is 12.1 Å². The molecule has 0 fully saturated rings. The minimum atomic E-state index is -0.836. The summed E-state index contributed by atoms with van der Waals surface area (Å²) in [7, 11) is 3.72. The molecule has 5 nitrogen and oxygen atoms in total. The van der Waals surface area contributed by atoms with E-state index in [4.69, 9.17) is 14.6 Å². The van der Waals surface area contributed by atoms with Crippen LogP contribution in [-0.2, 0) is 11.4 Å². The van der Waals surface area contributed by atoms with E-state index in [1.807, 2.05) is 81.4 Å². The third-order valence-corrected chi connectivity index (χ3v) is 4.61. The summed E-state index contributed by atoms with van der Waals surface area (Å²) in [5.74, 6) is 0.742. The minimum Gasteiger partial charge on any atom is -0.489 e. The molecule has 0 amide bonds. The van der Waals surface area contributed by atoms with Gasteiger partial charge in [-0.25, -0.2) is 4.39 Å². The van der Waals surface area contributed by atoms with Crippen molar-refractivity contribution in [1.29, 1.82) is 0 Å². The summed E-state index contributed by atoms with van der Waals surface area (Å²) in [6.45, 7) is 4.35. The molecule has 0 aliphatic rings. The number of carbonyl (C=O) groups is 1. The van der Waals surface area contributed by atoms with Crippen LogP contribution in [0.25, 0.3) is 0 Å². The fraction of sp³-hybridized carbons (Fsp3) is 0.296. The third-order valence-electron chi connectivity index (χ3n) is 4.61. The summed E-state index contributed by atoms with van der Waals surface area (Å²) in [6, 6.07) is 20.6. The number of benzene rings is 3. The van der Waals surface area contributed by atoms with Gasteiger partial charge in [-0.2, -0.15) is 0 Å². The Morgan fingerprint density at radius 2 is 1.55 bits per heavy atom. The lowest BCUT2D eigenvalue weighted by atomic mass is 10.0. The number of ether oxygens (including phenoxy) is 2. The summed E-state index contributed by atoms with van der Waals surface area (Å²) in [5.41, 5.74) is 1.85. The molecule has 0 spiro atoms. The Hall–Kier alpha value is -3.38. The van der Waals surface area contributed by atoms with Gasteiger partial charge in [-0.3, -0.25) is 4.79 Å². The number of halogens is 1. The van der Waals surface area contributed by atoms with Crippen LogP contribution in [0.3, 0.4) is 0 Å². The second-order valence-electron chi connectivity index (χ2n) is 7.14. The molecule has 3 aromatic rings. The smallest absolute Gasteiger partial charge is 0.305 e. The number of hydrogen-bond donors (Lipinski definition) is 1. The average Bonchev–Trinajstić information content (AvgIpc) is 2.79. The van der Waals surface area contributed by atoms with Crippen LogP contribution in [0, 0.1) is 5.82 Å². The molecule has 1 atom stereocenters. The molecule has 1 N–H and O–H groups in total. The van der Waals surface area contributed by atoms with Crippen molar-refractivity contribution in [2.75, 3.05) is 14.1 Å². The summed E-state index contributed by atoms with van der Waals surface area (Å²) < 4.78 is 24.6. The van der Waals surface area contributed by atoms with E-state index < -0.39 is 5.97 Å². The Balaban J connectivity index is 0.00000177. The predicted molar refractivity (Wildman–Crippen MR) is 130 cm³/mol. The first kappa shape index (κ1) is 27.7. The Bertz CT molecular complexity index is 972. The monoisotopic (exact) mass is 455 g/mol. The van der Waals surface area contributed by atoms with Gasteiger partial charge < -0.3 is 19.5 Å². The van der Waals surface area contributed by atoms with Gasteiger partial charge >= 0.3 is 5.97 Å². The van der Waals surface area contributed by atoms with Crippen molar-refractivity contribution >= 4 is 5.97 Å². The number of hydrogen-bond acceptors (Lipinski definition) is 4. The fourth-order valence-electron chi connectivity index (χ4n) is 3.05. The van der Waals surface area contributed by atoms with Gasteiger partial charge in [0.2, 0.25) is 0 Å². The largest absolute Gasteiger partial charge is 0.489 e. The zero-order valence-corrected chi connectivity index (χ0v) is 18.9. The lowest BCUT2D eigenvalue weighted by Crippen LogP contribution is -2.22. The topological polar surface area (TPSA) is 59.0 Å². The van der Waals surface area contributed by atoms with Crippen LogP contribution in [0.4, 0.5) is 4.39 Å². The van der Waals surface area contributed by atoms with Crippen LogP contribution in [-0.4, -0.2) is 30.1 Å². The molecule has 3 rings (SSSR count). The molecule has 0 aliphatic heterocycles. The van der Waals surface area contributed by atoms with Gasteiger partial charge in [0.15, 0.2) is 0 Å². The van der Waals surface area contributed by atoms with Crippen LogP contribution >= 0.6 is 0 Å². The molecule has 178 valence electrons. The lowest BCUT2D eigenvalue weighted by molar-refractivity contribution is -0.138. The molecule has 33 heavy (non-hydrogen) atoms. The molecule has 0 aliphatic carbocycles. The highest BCUT2D eigenvalue weighted by Gasteiger charge is 2.17. The molecule has 1 unspecified atom stereocenters. The maximum absolute atomic E-state index is 13.0. The highest BCUT2D eigenvalue weighted by atomic mass is 19.1. The highest BCUT2D eigenvalue weighted by molar-refractivity contribution is 5.68. The van der Waals surface area contributed by atoms with Gasteiger partial charge in [0.1, 0.15) is 29.7 Å². The van der Waals surface area contributed by atoms with E-state index in [9.17, 15) is 9.18 Å². The van der Waals surface area contributed by atoms with Gasteiger partial charge in [0, 0.05) is 6.04 Å². The van der Waals surface area contributed by atoms with E-state index >= 15 is 0 Å². The average molecular weight is 456 g/mol. The van der Waals surface area contributed by atoms with E-state index in [2.05, 4.69) is 0 Å². The summed E-state index contributed by atoms with van der Waals surface area (Å²) in [6.07, 6.45) is 0.0358. The van der Waals surface area contributed by atoms with Crippen molar-refractivity contribution in [1.82, 2.24) is 4.90 Å². The van der Waals surface area contributed by atoms with Crippen molar-refractivity contribution in [3.63, 3.8) is 0 Å². The van der Waals surface area contributed by atoms with Gasteiger partial charge in [0.25, 0.3) is 0 Å². The third kappa shape index (κ3) is 8.94. The number of aliphatic carboxylic acids is 1. The first-order valence-corrected chi connectivity index (χ1v) is 10.5. The molecule has 0 bridgehead atoms. The summed E-state index contributed by atoms with van der Waals surface area (Å²) in [4.78, 5) is 13.0. The number of carboxylic acid groups (broad SMARTS) is 1. The first-order chi connectivity index (χ1) is 15.4. The van der Waals surface area contributed by atoms with Crippen LogP contribution in [0.1, 0.15) is 44.9 Å². The van der Waals surface area contributed by atoms with Crippen molar-refractivity contribution < 1.29 is 23.8 Å². The normalized spacial score (nSPS) is 11.0. The van der Waals surface area contributed by atoms with Crippen LogP contribution in [0.15, 0.2) is 72.8 Å². The van der Waals surface area contributed by atoms with Crippen molar-refractivity contribution in [3.05, 3.63) is 89.7 Å². The number of carboxylic acids is 1. The number of rotatable bonds is 9. The second-order valence-corrected chi connectivity index (χ2v) is 7.14. The van der Waals surface area contributed by atoms with E-state index in [0.29, 0.717) is 23.9 Å². The molecule has 0 radical (unpaired) electrons. The predicted octanol–water partition coefficient (Wildman–Crippen LogP) is 6.94. The second kappa shape index (κ2) is 13.9. The van der Waals surface area contributed by atoms with Crippen molar-refractivity contribution in [3.8, 4) is 17.2 Å². The van der Waals surface area contributed by atoms with Gasteiger partial charge in [-0.15, -0.1) is 0 Å². The lowest BCUT2D eigenvalue weighted by Gasteiger charge is -2.23. The first-order valence-electron chi connectivity index (χ1n) is 10.5. The van der Waals surface area contributed by atoms with E-state index in [0.717, 1.165) is 11.1 Å². The molecule has 0 saturated heterocycles. The number of nitrogens with zero attached hydrogens (tertiary/aromatic N) is 1. The maximum atomic E-state index is 13.0. The Labute approximate surface area is 196 Å². The van der Waals surface area contributed by atoms with Crippen LogP contribution in [0.5, 0.6) is 17.2 Å². The standard InChI is InChI=1S/C24H24FNO4.C2H6.CH4/c1-26(2)23(15-24(27)28)18-6-10-20(11-7-18)29-16-17-4-3-5-22(14-17)30-21-12-8-19(25)9-13-21;1-2;/h3-14,23H,15-16H2,1-2H3,(H,27,28);1-2H3;1H4. The quantitative estimate of drug-likeness (QED) is 0.379. The summed E-state index contributed by atoms with van der Waals surface area (Å²) in [5, 5.41) is 9.11. The van der Waals surface area contributed by atoms with Crippen LogP contribution in [0.2, 0.25) is 0 Å². The van der Waals surface area contributed by atoms with Gasteiger partial charge in [0.05, 0.1) is 6.42 Å². The van der Waals surface area contributed by atoms with Crippen LogP contribution < -0.4 is 9.47 Å². The maximum Gasteiger partial charge on any atom is 0.305 e. The molecule has 6 heteroatoms. The van der Waals surface area contributed by atoms with Gasteiger partial charge in [-0.05, 0) is 73.8 Å². The van der Waals surface area contributed by atoms with Crippen molar-refractivity contribution in [2.24, 2.45) is 0 Å². The Kier molecular flexibility index (Phi) is 11.7. The SMILES string of the molecule is C.CC.CN(C)C(CC(=O)O)c1ccc(OCc2cccc(Oc3ccc(F)cc3)c2)cc1. The fourth-order valence-corrected chi connectivity index (χ4v) is 3.05. The summed E-state index contributed by atoms with van der Waals surface area (Å²) >= 11 is 0. The Morgan fingerprint density at radius 1 is 0.939 bits per heavy atom. The molecular weight excluding hydrogens is 421 g/mol. The zero-order chi connectivity index (χ0) is 23.5. The highest BCUT2D eigenvalue weighted by Crippen LogP contribution is 2.26. The molecule has 0 aromatic heterocycles. The van der Waals surface area contributed by atoms with Crippen molar-refractivity contribution in [2.45, 2.75) is 40.3 Å². The van der Waals surface area contributed by atoms with E-state index in [-0.39, 0.29) is 25.7 Å². The minimum absolute atomic E-state index is 0. The zero-order valence-electron chi connectivity index (χ0n) is 18.9. The molecule has 3 aromatic carbocycles. The van der Waals surface area contributed by atoms with E-state index in [1.165, 1.54) is 12.1 Å². The molecule has 0 heterocycles. The molecular formula is C27H34FNO4. The Morgan fingerprint density at radius 3 is 2.12 bits per heavy atom. The van der Waals surface area contributed by atoms with Gasteiger partial charge in [-0.1, -0.05) is 45.5 Å².